The van der Waals surface area contributed by atoms with Crippen LogP contribution in [0.4, 0.5) is 23.0 Å². The first kappa shape index (κ1) is 12.1. The summed E-state index contributed by atoms with van der Waals surface area (Å²) >= 11 is 5.81. The lowest BCUT2D eigenvalue weighted by Crippen LogP contribution is -2.04. The molecule has 0 saturated carbocycles. The Kier molecular flexibility index (Phi) is 3.24. The zero-order valence-electron chi connectivity index (χ0n) is 9.00. The van der Waals surface area contributed by atoms with E-state index in [2.05, 4.69) is 15.3 Å². The van der Waals surface area contributed by atoms with Gasteiger partial charge in [-0.3, -0.25) is 10.1 Å². The van der Waals surface area contributed by atoms with Crippen molar-refractivity contribution in [1.82, 2.24) is 9.97 Å². The molecule has 0 radical (unpaired) electrons. The van der Waals surface area contributed by atoms with Crippen LogP contribution < -0.4 is 11.1 Å². The highest BCUT2D eigenvalue weighted by Crippen LogP contribution is 2.29. The van der Waals surface area contributed by atoms with Gasteiger partial charge in [-0.15, -0.1) is 0 Å². The van der Waals surface area contributed by atoms with Gasteiger partial charge in [0.25, 0.3) is 0 Å². The monoisotopic (exact) mass is 265 g/mol. The van der Waals surface area contributed by atoms with Gasteiger partial charge in [-0.1, -0.05) is 17.7 Å². The van der Waals surface area contributed by atoms with Gasteiger partial charge in [0.2, 0.25) is 11.6 Å². The number of nitro groups is 1. The van der Waals surface area contributed by atoms with Crippen LogP contribution in [0.15, 0.2) is 30.6 Å². The van der Waals surface area contributed by atoms with Crippen molar-refractivity contribution in [1.29, 1.82) is 0 Å². The molecule has 0 bridgehead atoms. The van der Waals surface area contributed by atoms with E-state index in [0.29, 0.717) is 10.7 Å². The number of nitrogens with one attached hydrogen (secondary N) is 1. The normalized spacial score (nSPS) is 10.1. The van der Waals surface area contributed by atoms with Crippen molar-refractivity contribution >= 4 is 34.6 Å². The molecule has 0 fully saturated rings. The molecule has 0 spiro atoms. The number of nitrogens with two attached hydrogens (primary N) is 1. The minimum atomic E-state index is -0.637. The van der Waals surface area contributed by atoms with Crippen LogP contribution in [-0.2, 0) is 0 Å². The van der Waals surface area contributed by atoms with Crippen molar-refractivity contribution < 1.29 is 4.92 Å². The molecule has 8 heteroatoms. The summed E-state index contributed by atoms with van der Waals surface area (Å²) in [6.07, 6.45) is 1.15. The van der Waals surface area contributed by atoms with E-state index in [1.807, 2.05) is 0 Å². The molecule has 3 N–H and O–H groups in total. The Labute approximate surface area is 107 Å². The summed E-state index contributed by atoms with van der Waals surface area (Å²) in [5.74, 6) is -0.172. The molecule has 7 nitrogen and oxygen atoms in total. The molecule has 1 aromatic heterocycles. The number of anilines is 3. The Hall–Kier alpha value is -2.41. The molecule has 0 unspecified atom stereocenters. The van der Waals surface area contributed by atoms with Crippen molar-refractivity contribution in [2.24, 2.45) is 0 Å². The van der Waals surface area contributed by atoms with Crippen LogP contribution in [0.5, 0.6) is 0 Å². The lowest BCUT2D eigenvalue weighted by atomic mass is 10.3. The third-order valence-corrected chi connectivity index (χ3v) is 2.36. The third kappa shape index (κ3) is 2.46. The average Bonchev–Trinajstić information content (AvgIpc) is 2.28. The lowest BCUT2D eigenvalue weighted by Gasteiger charge is -2.06. The summed E-state index contributed by atoms with van der Waals surface area (Å²) in [6, 6.07) is 6.72. The van der Waals surface area contributed by atoms with Crippen LogP contribution in [0.25, 0.3) is 0 Å². The zero-order chi connectivity index (χ0) is 13.1. The number of hydrogen-bond donors (Lipinski definition) is 2. The SMILES string of the molecule is Nc1ncnc(Nc2cccc(Cl)c2)c1[N+](=O)[O-]. The Morgan fingerprint density at radius 3 is 2.83 bits per heavy atom. The standard InChI is InChI=1S/C10H8ClN5O2/c11-6-2-1-3-7(4-6)15-10-8(16(17)18)9(12)13-5-14-10/h1-5H,(H3,12,13,14,15). The third-order valence-electron chi connectivity index (χ3n) is 2.12. The van der Waals surface area contributed by atoms with Crippen molar-refractivity contribution in [3.8, 4) is 0 Å². The highest BCUT2D eigenvalue weighted by atomic mass is 35.5. The van der Waals surface area contributed by atoms with Gasteiger partial charge < -0.3 is 11.1 Å². The highest BCUT2D eigenvalue weighted by Gasteiger charge is 2.20. The number of aromatic nitrogens is 2. The molecule has 1 heterocycles. The van der Waals surface area contributed by atoms with Gasteiger partial charge in [0, 0.05) is 10.7 Å². The molecule has 92 valence electrons. The van der Waals surface area contributed by atoms with Crippen molar-refractivity contribution in [3.05, 3.63) is 45.7 Å². The van der Waals surface area contributed by atoms with Gasteiger partial charge in [0.1, 0.15) is 6.33 Å². The molecular weight excluding hydrogens is 258 g/mol. The summed E-state index contributed by atoms with van der Waals surface area (Å²) in [5, 5.41) is 14.2. The molecule has 0 aliphatic carbocycles. The quantitative estimate of drug-likeness (QED) is 0.652. The van der Waals surface area contributed by atoms with Crippen LogP contribution >= 0.6 is 11.6 Å². The van der Waals surface area contributed by atoms with Crippen molar-refractivity contribution in [2.75, 3.05) is 11.1 Å². The second kappa shape index (κ2) is 4.84. The maximum Gasteiger partial charge on any atom is 0.353 e. The summed E-state index contributed by atoms with van der Waals surface area (Å²) in [5.41, 5.74) is 5.66. The molecular formula is C10H8ClN5O2. The smallest absolute Gasteiger partial charge is 0.353 e. The maximum atomic E-state index is 10.9. The molecule has 0 atom stereocenters. The van der Waals surface area contributed by atoms with E-state index in [1.165, 1.54) is 0 Å². The fraction of sp³-hybridized carbons (Fsp3) is 0. The van der Waals surface area contributed by atoms with Crippen LogP contribution in [0.1, 0.15) is 0 Å². The summed E-state index contributed by atoms with van der Waals surface area (Å²) in [4.78, 5) is 17.6. The summed E-state index contributed by atoms with van der Waals surface area (Å²) in [6.45, 7) is 0. The van der Waals surface area contributed by atoms with Gasteiger partial charge >= 0.3 is 5.69 Å². The van der Waals surface area contributed by atoms with E-state index >= 15 is 0 Å². The molecule has 0 aliphatic heterocycles. The second-order valence-electron chi connectivity index (χ2n) is 3.35. The van der Waals surface area contributed by atoms with Gasteiger partial charge in [-0.05, 0) is 18.2 Å². The first-order valence-corrected chi connectivity index (χ1v) is 5.23. The van der Waals surface area contributed by atoms with E-state index in [4.69, 9.17) is 17.3 Å². The Balaban J connectivity index is 2.40. The van der Waals surface area contributed by atoms with Gasteiger partial charge in [0.15, 0.2) is 0 Å². The Bertz CT molecular complexity index is 605. The topological polar surface area (TPSA) is 107 Å². The summed E-state index contributed by atoms with van der Waals surface area (Å²) < 4.78 is 0. The van der Waals surface area contributed by atoms with Crippen LogP contribution in [0, 0.1) is 10.1 Å². The molecule has 0 amide bonds. The molecule has 2 rings (SSSR count). The highest BCUT2D eigenvalue weighted by molar-refractivity contribution is 6.30. The average molecular weight is 266 g/mol. The molecule has 2 aromatic rings. The molecule has 0 saturated heterocycles. The largest absolute Gasteiger partial charge is 0.378 e. The van der Waals surface area contributed by atoms with E-state index < -0.39 is 4.92 Å². The zero-order valence-corrected chi connectivity index (χ0v) is 9.76. The van der Waals surface area contributed by atoms with Crippen molar-refractivity contribution in [2.45, 2.75) is 0 Å². The van der Waals surface area contributed by atoms with E-state index in [-0.39, 0.29) is 17.3 Å². The predicted molar refractivity (Wildman–Crippen MR) is 67.8 cm³/mol. The predicted octanol–water partition coefficient (Wildman–Crippen LogP) is 2.36. The van der Waals surface area contributed by atoms with Crippen LogP contribution in [0.2, 0.25) is 5.02 Å². The fourth-order valence-electron chi connectivity index (χ4n) is 1.37. The number of hydrogen-bond acceptors (Lipinski definition) is 6. The number of halogens is 1. The summed E-state index contributed by atoms with van der Waals surface area (Å²) in [7, 11) is 0. The number of nitrogens with zero attached hydrogens (tertiary/aromatic N) is 3. The van der Waals surface area contributed by atoms with Crippen LogP contribution in [0.3, 0.4) is 0 Å². The number of nitrogen functional groups attached to an aromatic ring is 1. The van der Waals surface area contributed by atoms with Crippen molar-refractivity contribution in [3.63, 3.8) is 0 Å². The molecule has 0 aliphatic rings. The minimum Gasteiger partial charge on any atom is -0.378 e. The van der Waals surface area contributed by atoms with Crippen LogP contribution in [-0.4, -0.2) is 14.9 Å². The van der Waals surface area contributed by atoms with E-state index in [9.17, 15) is 10.1 Å². The second-order valence-corrected chi connectivity index (χ2v) is 3.79. The minimum absolute atomic E-state index is 0.0229. The Morgan fingerprint density at radius 1 is 1.39 bits per heavy atom. The first-order chi connectivity index (χ1) is 8.58. The number of benzene rings is 1. The maximum absolute atomic E-state index is 10.9. The van der Waals surface area contributed by atoms with Gasteiger partial charge in [0.05, 0.1) is 4.92 Å². The lowest BCUT2D eigenvalue weighted by molar-refractivity contribution is -0.383. The fourth-order valence-corrected chi connectivity index (χ4v) is 1.56. The number of rotatable bonds is 3. The van der Waals surface area contributed by atoms with E-state index in [1.54, 1.807) is 24.3 Å². The Morgan fingerprint density at radius 2 is 2.17 bits per heavy atom. The van der Waals surface area contributed by atoms with Gasteiger partial charge in [-0.2, -0.15) is 0 Å². The molecule has 1 aromatic carbocycles. The first-order valence-electron chi connectivity index (χ1n) is 4.85. The van der Waals surface area contributed by atoms with E-state index in [0.717, 1.165) is 6.33 Å². The van der Waals surface area contributed by atoms with Gasteiger partial charge in [-0.25, -0.2) is 9.97 Å². The molecule has 18 heavy (non-hydrogen) atoms.